The summed E-state index contributed by atoms with van der Waals surface area (Å²) in [6.07, 6.45) is -0.743. The first-order valence-corrected chi connectivity index (χ1v) is 8.03. The third kappa shape index (κ3) is 9.25. The molecule has 0 aromatic rings. The van der Waals surface area contributed by atoms with Gasteiger partial charge in [0.15, 0.2) is 0 Å². The number of alkyl carbamates (subject to hydrolysis) is 1. The van der Waals surface area contributed by atoms with Gasteiger partial charge in [-0.05, 0) is 27.2 Å². The Bertz CT molecular complexity index is 378. The van der Waals surface area contributed by atoms with Crippen molar-refractivity contribution in [2.24, 2.45) is 0 Å². The maximum absolute atomic E-state index is 11.5. The molecule has 1 aliphatic rings. The lowest BCUT2D eigenvalue weighted by molar-refractivity contribution is 0.0360. The van der Waals surface area contributed by atoms with Gasteiger partial charge in [-0.25, -0.2) is 9.59 Å². The Morgan fingerprint density at radius 3 is 2.48 bits per heavy atom. The molecule has 0 aliphatic carbocycles. The van der Waals surface area contributed by atoms with Gasteiger partial charge in [-0.3, -0.25) is 4.90 Å². The lowest BCUT2D eigenvalue weighted by atomic mass is 10.2. The minimum atomic E-state index is -0.974. The second kappa shape index (κ2) is 9.57. The number of amides is 2. The van der Waals surface area contributed by atoms with Gasteiger partial charge in [0.1, 0.15) is 5.60 Å². The maximum atomic E-state index is 11.5. The topological polar surface area (TPSA) is 91.3 Å². The summed E-state index contributed by atoms with van der Waals surface area (Å²) in [7, 11) is 0. The first-order valence-electron chi connectivity index (χ1n) is 8.03. The molecule has 1 fully saturated rings. The molecule has 1 aliphatic heterocycles. The van der Waals surface area contributed by atoms with Crippen LogP contribution in [0.3, 0.4) is 0 Å². The molecule has 23 heavy (non-hydrogen) atoms. The van der Waals surface area contributed by atoms with Crippen molar-refractivity contribution in [2.75, 3.05) is 52.5 Å². The van der Waals surface area contributed by atoms with Crippen LogP contribution in [-0.2, 0) is 9.47 Å². The van der Waals surface area contributed by atoms with E-state index in [1.54, 1.807) is 20.8 Å². The van der Waals surface area contributed by atoms with Gasteiger partial charge in [0, 0.05) is 39.3 Å². The van der Waals surface area contributed by atoms with E-state index in [9.17, 15) is 14.7 Å². The summed E-state index contributed by atoms with van der Waals surface area (Å²) in [6, 6.07) is 0. The molecule has 0 atom stereocenters. The van der Waals surface area contributed by atoms with Gasteiger partial charge in [-0.2, -0.15) is 0 Å². The second-order valence-corrected chi connectivity index (χ2v) is 6.51. The predicted octanol–water partition coefficient (Wildman–Crippen LogP) is 1.21. The zero-order valence-electron chi connectivity index (χ0n) is 14.3. The van der Waals surface area contributed by atoms with Gasteiger partial charge in [0.2, 0.25) is 0 Å². The lowest BCUT2D eigenvalue weighted by Crippen LogP contribution is -2.42. The molecule has 134 valence electrons. The van der Waals surface area contributed by atoms with Crippen LogP contribution >= 0.6 is 0 Å². The van der Waals surface area contributed by atoms with E-state index < -0.39 is 17.8 Å². The first kappa shape index (κ1) is 19.5. The summed E-state index contributed by atoms with van der Waals surface area (Å²) in [5, 5.41) is 11.8. The monoisotopic (exact) mass is 331 g/mol. The Morgan fingerprint density at radius 2 is 1.91 bits per heavy atom. The summed E-state index contributed by atoms with van der Waals surface area (Å²) >= 11 is 0. The van der Waals surface area contributed by atoms with Crippen molar-refractivity contribution >= 4 is 12.2 Å². The zero-order valence-corrected chi connectivity index (χ0v) is 14.3. The summed E-state index contributed by atoms with van der Waals surface area (Å²) in [6.45, 7) is 10.4. The van der Waals surface area contributed by atoms with Crippen LogP contribution in [0, 0.1) is 0 Å². The molecule has 0 spiro atoms. The van der Waals surface area contributed by atoms with E-state index in [2.05, 4.69) is 10.2 Å². The molecule has 2 N–H and O–H groups in total. The molecule has 0 saturated carbocycles. The van der Waals surface area contributed by atoms with Gasteiger partial charge < -0.3 is 24.8 Å². The van der Waals surface area contributed by atoms with Gasteiger partial charge in [-0.15, -0.1) is 0 Å². The molecule has 0 unspecified atom stereocenters. The number of hydrogen-bond acceptors (Lipinski definition) is 5. The van der Waals surface area contributed by atoms with E-state index in [0.717, 1.165) is 39.3 Å². The zero-order chi connectivity index (χ0) is 17.3. The molecule has 8 nitrogen and oxygen atoms in total. The van der Waals surface area contributed by atoms with E-state index in [1.165, 1.54) is 4.90 Å². The average molecular weight is 331 g/mol. The number of carbonyl (C=O) groups is 2. The van der Waals surface area contributed by atoms with Crippen molar-refractivity contribution in [2.45, 2.75) is 32.8 Å². The molecular weight excluding hydrogens is 302 g/mol. The molecule has 1 saturated heterocycles. The highest BCUT2D eigenvalue weighted by Gasteiger charge is 2.17. The minimum absolute atomic E-state index is 0.235. The van der Waals surface area contributed by atoms with Crippen molar-refractivity contribution in [3.8, 4) is 0 Å². The second-order valence-electron chi connectivity index (χ2n) is 6.51. The largest absolute Gasteiger partial charge is 0.465 e. The number of ether oxygens (including phenoxy) is 2. The maximum Gasteiger partial charge on any atom is 0.407 e. The number of morpholine rings is 1. The fourth-order valence-corrected chi connectivity index (χ4v) is 2.22. The van der Waals surface area contributed by atoms with Crippen molar-refractivity contribution in [3.63, 3.8) is 0 Å². The molecule has 1 rings (SSSR count). The standard InChI is InChI=1S/C15H29N3O5/c1-15(2,3)23-13(19)16-5-8-18(14(20)21)7-4-6-17-9-11-22-12-10-17/h4-12H2,1-3H3,(H,16,19)(H,20,21). The highest BCUT2D eigenvalue weighted by Crippen LogP contribution is 2.06. The Hall–Kier alpha value is -1.54. The molecule has 0 radical (unpaired) electrons. The lowest BCUT2D eigenvalue weighted by Gasteiger charge is -2.27. The van der Waals surface area contributed by atoms with E-state index in [1.807, 2.05) is 0 Å². The molecule has 0 bridgehead atoms. The van der Waals surface area contributed by atoms with Crippen LogP contribution in [0.25, 0.3) is 0 Å². The summed E-state index contributed by atoms with van der Waals surface area (Å²) in [5.74, 6) is 0. The summed E-state index contributed by atoms with van der Waals surface area (Å²) in [5.41, 5.74) is -0.561. The average Bonchev–Trinajstić information content (AvgIpc) is 2.44. The van der Waals surface area contributed by atoms with E-state index in [4.69, 9.17) is 9.47 Å². The van der Waals surface area contributed by atoms with Gasteiger partial charge in [0.25, 0.3) is 0 Å². The number of nitrogens with one attached hydrogen (secondary N) is 1. The summed E-state index contributed by atoms with van der Waals surface area (Å²) in [4.78, 5) is 26.3. The Labute approximate surface area is 137 Å². The molecular formula is C15H29N3O5. The summed E-state index contributed by atoms with van der Waals surface area (Å²) < 4.78 is 10.4. The van der Waals surface area contributed by atoms with Crippen LogP contribution in [0.5, 0.6) is 0 Å². The normalized spacial score (nSPS) is 16.0. The molecule has 8 heteroatoms. The van der Waals surface area contributed by atoms with Crippen LogP contribution in [0.2, 0.25) is 0 Å². The van der Waals surface area contributed by atoms with Crippen LogP contribution in [-0.4, -0.2) is 85.2 Å². The Kier molecular flexibility index (Phi) is 8.11. The van der Waals surface area contributed by atoms with Gasteiger partial charge >= 0.3 is 12.2 Å². The van der Waals surface area contributed by atoms with Crippen molar-refractivity contribution in [3.05, 3.63) is 0 Å². The van der Waals surface area contributed by atoms with Crippen LogP contribution in [0.1, 0.15) is 27.2 Å². The fraction of sp³-hybridized carbons (Fsp3) is 0.867. The molecule has 0 aromatic heterocycles. The SMILES string of the molecule is CC(C)(C)OC(=O)NCCN(CCCN1CCOCC1)C(=O)O. The molecule has 1 heterocycles. The van der Waals surface area contributed by atoms with Crippen molar-refractivity contribution in [1.29, 1.82) is 0 Å². The molecule has 0 aromatic carbocycles. The van der Waals surface area contributed by atoms with E-state index >= 15 is 0 Å². The minimum Gasteiger partial charge on any atom is -0.465 e. The Balaban J connectivity index is 2.21. The van der Waals surface area contributed by atoms with Crippen LogP contribution in [0.4, 0.5) is 9.59 Å². The fourth-order valence-electron chi connectivity index (χ4n) is 2.22. The van der Waals surface area contributed by atoms with Crippen molar-refractivity contribution < 1.29 is 24.2 Å². The number of nitrogens with zero attached hydrogens (tertiary/aromatic N) is 2. The number of carbonyl (C=O) groups excluding carboxylic acids is 1. The highest BCUT2D eigenvalue weighted by molar-refractivity contribution is 5.68. The Morgan fingerprint density at radius 1 is 1.26 bits per heavy atom. The van der Waals surface area contributed by atoms with E-state index in [-0.39, 0.29) is 13.1 Å². The van der Waals surface area contributed by atoms with Gasteiger partial charge in [-0.1, -0.05) is 0 Å². The number of carboxylic acid groups (broad SMARTS) is 1. The third-order valence-corrected chi connectivity index (χ3v) is 3.33. The number of rotatable bonds is 7. The van der Waals surface area contributed by atoms with E-state index in [0.29, 0.717) is 6.54 Å². The predicted molar refractivity (Wildman–Crippen MR) is 85.7 cm³/mol. The van der Waals surface area contributed by atoms with Gasteiger partial charge in [0.05, 0.1) is 13.2 Å². The van der Waals surface area contributed by atoms with Crippen LogP contribution < -0.4 is 5.32 Å². The van der Waals surface area contributed by atoms with Crippen molar-refractivity contribution in [1.82, 2.24) is 15.1 Å². The molecule has 2 amide bonds. The smallest absolute Gasteiger partial charge is 0.407 e. The third-order valence-electron chi connectivity index (χ3n) is 3.33. The number of hydrogen-bond donors (Lipinski definition) is 2. The van der Waals surface area contributed by atoms with Crippen LogP contribution in [0.15, 0.2) is 0 Å². The quantitative estimate of drug-likeness (QED) is 0.729. The highest BCUT2D eigenvalue weighted by atomic mass is 16.6. The first-order chi connectivity index (χ1) is 10.8.